The van der Waals surface area contributed by atoms with Crippen molar-refractivity contribution in [2.24, 2.45) is 0 Å². The van der Waals surface area contributed by atoms with E-state index >= 15 is 0 Å². The highest BCUT2D eigenvalue weighted by atomic mass is 16.5. The van der Waals surface area contributed by atoms with Crippen LogP contribution in [0.4, 0.5) is 0 Å². The largest absolute Gasteiger partial charge is 0.508 e. The molecule has 0 bridgehead atoms. The fraction of sp³-hybridized carbons (Fsp3) is 0.167. The summed E-state index contributed by atoms with van der Waals surface area (Å²) < 4.78 is 11.5. The molecule has 23 heavy (non-hydrogen) atoms. The number of ether oxygens (including phenoxy) is 1. The van der Waals surface area contributed by atoms with Crippen molar-refractivity contribution in [2.75, 3.05) is 0 Å². The van der Waals surface area contributed by atoms with Gasteiger partial charge in [0.05, 0.1) is 10.8 Å². The molecular weight excluding hydrogens is 296 g/mol. The van der Waals surface area contributed by atoms with Crippen molar-refractivity contribution in [2.45, 2.75) is 19.4 Å². The van der Waals surface area contributed by atoms with Gasteiger partial charge in [0.25, 0.3) is 0 Å². The molecule has 5 heteroatoms. The molecule has 0 spiro atoms. The van der Waals surface area contributed by atoms with Crippen molar-refractivity contribution in [1.82, 2.24) is 0 Å². The van der Waals surface area contributed by atoms with Crippen molar-refractivity contribution in [1.29, 1.82) is 0 Å². The Morgan fingerprint density at radius 2 is 1.87 bits per heavy atom. The van der Waals surface area contributed by atoms with E-state index in [4.69, 9.17) is 9.15 Å². The molecule has 0 saturated heterocycles. The first-order valence-corrected chi connectivity index (χ1v) is 7.19. The van der Waals surface area contributed by atoms with E-state index in [1.54, 1.807) is 6.08 Å². The molecule has 0 atom stereocenters. The maximum atomic E-state index is 12.8. The predicted molar refractivity (Wildman–Crippen MR) is 87.1 cm³/mol. The van der Waals surface area contributed by atoms with Gasteiger partial charge in [-0.3, -0.25) is 4.79 Å². The Bertz CT molecular complexity index is 1060. The van der Waals surface area contributed by atoms with Crippen LogP contribution in [0.5, 0.6) is 17.2 Å². The molecule has 2 heterocycles. The zero-order valence-electron chi connectivity index (χ0n) is 12.6. The third-order valence-electron chi connectivity index (χ3n) is 3.93. The highest BCUT2D eigenvalue weighted by molar-refractivity contribution is 5.98. The fourth-order valence-corrected chi connectivity index (χ4v) is 2.84. The lowest BCUT2D eigenvalue weighted by Gasteiger charge is -2.28. The third kappa shape index (κ3) is 1.97. The second-order valence-corrected chi connectivity index (χ2v) is 6.16. The SMILES string of the molecule is CC1(C)C=Cc2c(c(O)cc3oc4cc(O)ccc4c(=O)c23)O1. The van der Waals surface area contributed by atoms with Gasteiger partial charge in [-0.25, -0.2) is 0 Å². The monoisotopic (exact) mass is 310 g/mol. The number of aromatic hydroxyl groups is 2. The van der Waals surface area contributed by atoms with E-state index in [1.165, 1.54) is 24.3 Å². The van der Waals surface area contributed by atoms with Gasteiger partial charge >= 0.3 is 0 Å². The lowest BCUT2D eigenvalue weighted by Crippen LogP contribution is -2.28. The summed E-state index contributed by atoms with van der Waals surface area (Å²) in [6.07, 6.45) is 3.60. The summed E-state index contributed by atoms with van der Waals surface area (Å²) >= 11 is 0. The highest BCUT2D eigenvalue weighted by Gasteiger charge is 2.27. The normalized spacial score (nSPS) is 15.6. The molecule has 1 aliphatic heterocycles. The average Bonchev–Trinajstić information content (AvgIpc) is 2.47. The van der Waals surface area contributed by atoms with E-state index in [-0.39, 0.29) is 33.8 Å². The number of hydrogen-bond donors (Lipinski definition) is 2. The van der Waals surface area contributed by atoms with Crippen LogP contribution in [0.1, 0.15) is 19.4 Å². The van der Waals surface area contributed by atoms with Gasteiger partial charge in [-0.2, -0.15) is 0 Å². The smallest absolute Gasteiger partial charge is 0.201 e. The molecule has 4 rings (SSSR count). The lowest BCUT2D eigenvalue weighted by molar-refractivity contribution is 0.153. The van der Waals surface area contributed by atoms with Crippen LogP contribution < -0.4 is 10.2 Å². The number of hydrogen-bond acceptors (Lipinski definition) is 5. The van der Waals surface area contributed by atoms with Crippen LogP contribution in [0.25, 0.3) is 28.0 Å². The molecule has 2 aromatic carbocycles. The van der Waals surface area contributed by atoms with E-state index in [1.807, 2.05) is 19.9 Å². The maximum absolute atomic E-state index is 12.8. The minimum absolute atomic E-state index is 0.00663. The second-order valence-electron chi connectivity index (χ2n) is 6.16. The molecule has 116 valence electrons. The quantitative estimate of drug-likeness (QED) is 0.621. The first kappa shape index (κ1) is 13.7. The van der Waals surface area contributed by atoms with Crippen molar-refractivity contribution in [3.8, 4) is 17.2 Å². The molecule has 0 radical (unpaired) electrons. The molecule has 0 unspecified atom stereocenters. The fourth-order valence-electron chi connectivity index (χ4n) is 2.84. The topological polar surface area (TPSA) is 79.9 Å². The molecule has 1 aliphatic rings. The summed E-state index contributed by atoms with van der Waals surface area (Å²) in [7, 11) is 0. The van der Waals surface area contributed by atoms with Crippen LogP contribution in [-0.4, -0.2) is 15.8 Å². The van der Waals surface area contributed by atoms with Gasteiger partial charge in [0.2, 0.25) is 5.43 Å². The van der Waals surface area contributed by atoms with Gasteiger partial charge in [0.15, 0.2) is 11.5 Å². The molecule has 1 aromatic heterocycles. The molecular formula is C18H14O5. The van der Waals surface area contributed by atoms with Gasteiger partial charge in [0.1, 0.15) is 22.5 Å². The van der Waals surface area contributed by atoms with Crippen LogP contribution in [-0.2, 0) is 0 Å². The first-order valence-electron chi connectivity index (χ1n) is 7.19. The molecule has 0 fully saturated rings. The Hall–Kier alpha value is -2.95. The van der Waals surface area contributed by atoms with Crippen molar-refractivity contribution >= 4 is 28.0 Å². The standard InChI is InChI=1S/C18H14O5/c1-18(2)6-5-11-15-14(8-12(20)17(11)23-18)22-13-7-9(19)3-4-10(13)16(15)21/h3-8,19-20H,1-2H3. The first-order chi connectivity index (χ1) is 10.9. The second kappa shape index (κ2) is 4.29. The maximum Gasteiger partial charge on any atom is 0.201 e. The molecule has 0 amide bonds. The Balaban J connectivity index is 2.18. The van der Waals surface area contributed by atoms with Crippen LogP contribution >= 0.6 is 0 Å². The summed E-state index contributed by atoms with van der Waals surface area (Å²) in [6, 6.07) is 5.70. The average molecular weight is 310 g/mol. The Labute approximate surface area is 131 Å². The van der Waals surface area contributed by atoms with Crippen LogP contribution in [0.2, 0.25) is 0 Å². The Morgan fingerprint density at radius 1 is 1.09 bits per heavy atom. The van der Waals surface area contributed by atoms with E-state index in [0.29, 0.717) is 16.3 Å². The number of phenols is 2. The van der Waals surface area contributed by atoms with Crippen LogP contribution in [0, 0.1) is 0 Å². The van der Waals surface area contributed by atoms with Crippen molar-refractivity contribution in [3.05, 3.63) is 46.1 Å². The zero-order chi connectivity index (χ0) is 16.4. The van der Waals surface area contributed by atoms with Crippen molar-refractivity contribution in [3.63, 3.8) is 0 Å². The lowest BCUT2D eigenvalue weighted by atomic mass is 9.98. The summed E-state index contributed by atoms with van der Waals surface area (Å²) in [5.74, 6) is 0.190. The minimum Gasteiger partial charge on any atom is -0.508 e. The van der Waals surface area contributed by atoms with Gasteiger partial charge in [-0.15, -0.1) is 0 Å². The Kier molecular flexibility index (Phi) is 2.55. The molecule has 3 aromatic rings. The predicted octanol–water partition coefficient (Wildman–Crippen LogP) is 3.54. The third-order valence-corrected chi connectivity index (χ3v) is 3.93. The minimum atomic E-state index is -0.568. The van der Waals surface area contributed by atoms with Gasteiger partial charge in [-0.05, 0) is 32.1 Å². The number of rotatable bonds is 0. The highest BCUT2D eigenvalue weighted by Crippen LogP contribution is 2.42. The van der Waals surface area contributed by atoms with Crippen molar-refractivity contribution < 1.29 is 19.4 Å². The van der Waals surface area contributed by atoms with Gasteiger partial charge < -0.3 is 19.4 Å². The van der Waals surface area contributed by atoms with E-state index < -0.39 is 5.60 Å². The number of benzene rings is 2. The van der Waals surface area contributed by atoms with Gasteiger partial charge in [-0.1, -0.05) is 6.08 Å². The number of fused-ring (bicyclic) bond motifs is 4. The molecule has 5 nitrogen and oxygen atoms in total. The molecule has 2 N–H and O–H groups in total. The Morgan fingerprint density at radius 3 is 2.65 bits per heavy atom. The van der Waals surface area contributed by atoms with Crippen LogP contribution in [0.15, 0.2) is 39.6 Å². The summed E-state index contributed by atoms with van der Waals surface area (Å²) in [6.45, 7) is 3.73. The zero-order valence-corrected chi connectivity index (χ0v) is 12.6. The van der Waals surface area contributed by atoms with E-state index in [9.17, 15) is 15.0 Å². The van der Waals surface area contributed by atoms with E-state index in [2.05, 4.69) is 0 Å². The van der Waals surface area contributed by atoms with Gasteiger partial charge in [0, 0.05) is 17.7 Å². The van der Waals surface area contributed by atoms with E-state index in [0.717, 1.165) is 0 Å². The summed E-state index contributed by atoms with van der Waals surface area (Å²) in [5.41, 5.74) is 0.217. The molecule has 0 aliphatic carbocycles. The number of phenolic OH excluding ortho intramolecular Hbond substituents is 2. The summed E-state index contributed by atoms with van der Waals surface area (Å²) in [4.78, 5) is 12.8. The molecule has 0 saturated carbocycles. The summed E-state index contributed by atoms with van der Waals surface area (Å²) in [5, 5.41) is 20.5. The van der Waals surface area contributed by atoms with Crippen LogP contribution in [0.3, 0.4) is 0 Å².